The molecular weight excluding hydrogens is 564 g/mol. The van der Waals surface area contributed by atoms with E-state index in [0.717, 1.165) is 63.7 Å². The zero-order valence-electron chi connectivity index (χ0n) is 25.0. The monoisotopic (exact) mass is 598 g/mol. The summed E-state index contributed by atoms with van der Waals surface area (Å²) in [5.41, 5.74) is 8.42. The van der Waals surface area contributed by atoms with Crippen LogP contribution in [0, 0.1) is 13.8 Å². The number of halogens is 1. The molecule has 43 heavy (non-hydrogen) atoms. The van der Waals surface area contributed by atoms with Gasteiger partial charge >= 0.3 is 0 Å². The van der Waals surface area contributed by atoms with E-state index in [0.29, 0.717) is 35.6 Å². The number of hydrogen-bond donors (Lipinski definition) is 2. The lowest BCUT2D eigenvalue weighted by molar-refractivity contribution is 0.387. The lowest BCUT2D eigenvalue weighted by atomic mass is 9.93. The second-order valence-corrected chi connectivity index (χ2v) is 10.4. The molecule has 0 aliphatic carbocycles. The van der Waals surface area contributed by atoms with E-state index in [2.05, 4.69) is 38.7 Å². The van der Waals surface area contributed by atoms with Crippen LogP contribution in [0.3, 0.4) is 0 Å². The summed E-state index contributed by atoms with van der Waals surface area (Å²) >= 11 is 7.03. The molecule has 0 spiro atoms. The molecule has 3 aromatic heterocycles. The second-order valence-electron chi connectivity index (χ2n) is 9.99. The van der Waals surface area contributed by atoms with Crippen LogP contribution in [0.1, 0.15) is 22.6 Å². The van der Waals surface area contributed by atoms with Gasteiger partial charge in [-0.15, -0.1) is 0 Å². The first-order valence-corrected chi connectivity index (χ1v) is 14.4. The molecule has 11 heteroatoms. The number of rotatable bonds is 12. The van der Waals surface area contributed by atoms with Gasteiger partial charge in [0, 0.05) is 42.5 Å². The minimum absolute atomic E-state index is 0.464. The number of aromatic nitrogens is 6. The topological polar surface area (TPSA) is 112 Å². The fourth-order valence-electron chi connectivity index (χ4n) is 4.92. The number of hydrogen-bond acceptors (Lipinski definition) is 9. The van der Waals surface area contributed by atoms with Crippen LogP contribution in [0.4, 0.5) is 0 Å². The molecule has 2 N–H and O–H groups in total. The summed E-state index contributed by atoms with van der Waals surface area (Å²) in [7, 11) is 5.05. The van der Waals surface area contributed by atoms with Gasteiger partial charge in [0.05, 0.1) is 55.3 Å². The van der Waals surface area contributed by atoms with E-state index >= 15 is 0 Å². The van der Waals surface area contributed by atoms with Crippen molar-refractivity contribution in [2.45, 2.75) is 33.5 Å². The van der Waals surface area contributed by atoms with Crippen molar-refractivity contribution in [3.8, 4) is 45.4 Å². The maximum atomic E-state index is 7.03. The molecule has 0 atom stereocenters. The van der Waals surface area contributed by atoms with Crippen LogP contribution in [0.15, 0.2) is 61.1 Å². The Morgan fingerprint density at radius 1 is 0.791 bits per heavy atom. The Balaban J connectivity index is 1.40. The molecule has 0 amide bonds. The molecule has 0 unspecified atom stereocenters. The predicted octanol–water partition coefficient (Wildman–Crippen LogP) is 5.26. The lowest BCUT2D eigenvalue weighted by Crippen LogP contribution is -2.21. The molecule has 3 heterocycles. The summed E-state index contributed by atoms with van der Waals surface area (Å²) in [6, 6.07) is 14.0. The highest BCUT2D eigenvalue weighted by atomic mass is 35.5. The molecule has 5 rings (SSSR count). The number of nitrogens with one attached hydrogen (secondary N) is 2. The van der Waals surface area contributed by atoms with Crippen LogP contribution >= 0.6 is 11.6 Å². The highest BCUT2D eigenvalue weighted by Gasteiger charge is 2.18. The molecule has 2 aromatic carbocycles. The normalized spacial score (nSPS) is 11.1. The van der Waals surface area contributed by atoms with Gasteiger partial charge in [0.25, 0.3) is 0 Å². The quantitative estimate of drug-likeness (QED) is 0.186. The van der Waals surface area contributed by atoms with Crippen molar-refractivity contribution in [2.75, 3.05) is 27.8 Å². The Morgan fingerprint density at radius 3 is 2.02 bits per heavy atom. The predicted molar refractivity (Wildman–Crippen MR) is 168 cm³/mol. The molecular formula is C32H35ClN8O2. The summed E-state index contributed by atoms with van der Waals surface area (Å²) in [5.74, 6) is 0.949. The maximum Gasteiger partial charge on any atom is 0.237 e. The van der Waals surface area contributed by atoms with Gasteiger partial charge in [-0.1, -0.05) is 48.0 Å². The van der Waals surface area contributed by atoms with Gasteiger partial charge in [-0.2, -0.15) is 5.10 Å². The molecule has 5 aromatic rings. The number of methoxy groups -OCH3 is 2. The van der Waals surface area contributed by atoms with E-state index in [1.165, 1.54) is 0 Å². The Hall–Kier alpha value is -4.38. The van der Waals surface area contributed by atoms with Crippen molar-refractivity contribution in [3.05, 3.63) is 88.7 Å². The molecule has 0 radical (unpaired) electrons. The van der Waals surface area contributed by atoms with Crippen molar-refractivity contribution >= 4 is 11.6 Å². The third-order valence-corrected chi connectivity index (χ3v) is 7.52. The van der Waals surface area contributed by atoms with Crippen LogP contribution < -0.4 is 20.1 Å². The lowest BCUT2D eigenvalue weighted by Gasteiger charge is -2.16. The van der Waals surface area contributed by atoms with Gasteiger partial charge in [-0.3, -0.25) is 14.6 Å². The van der Waals surface area contributed by atoms with Crippen molar-refractivity contribution < 1.29 is 9.47 Å². The standard InChI is InChI=1S/C32H35ClN8O2/c1-20-12-14-41(40-20)15-13-35-17-29-32(43-5)38-26(18-37-29)23-9-6-8-22(21(23)2)24-10-7-11-25(30(24)33)27-19-36-28(16-34-3)31(39-27)42-4/h6-12,14,18-19,34-35H,13,15-17H2,1-5H3. The zero-order chi connectivity index (χ0) is 30.3. The fraction of sp³-hybridized carbons (Fsp3) is 0.281. The van der Waals surface area contributed by atoms with Gasteiger partial charge in [0.15, 0.2) is 0 Å². The molecule has 222 valence electrons. The third kappa shape index (κ3) is 6.67. The largest absolute Gasteiger partial charge is 0.480 e. The Morgan fingerprint density at radius 2 is 1.40 bits per heavy atom. The first-order chi connectivity index (χ1) is 20.9. The molecule has 0 aliphatic heterocycles. The van der Waals surface area contributed by atoms with Gasteiger partial charge < -0.3 is 20.1 Å². The van der Waals surface area contributed by atoms with E-state index in [1.807, 2.05) is 61.2 Å². The van der Waals surface area contributed by atoms with E-state index in [1.54, 1.807) is 26.6 Å². The fourth-order valence-corrected chi connectivity index (χ4v) is 5.25. The summed E-state index contributed by atoms with van der Waals surface area (Å²) in [5, 5.41) is 11.5. The Kier molecular flexibility index (Phi) is 9.61. The molecule has 0 bridgehead atoms. The molecule has 0 fully saturated rings. The minimum atomic E-state index is 0.464. The van der Waals surface area contributed by atoms with E-state index in [-0.39, 0.29) is 0 Å². The number of ether oxygens (including phenoxy) is 2. The second kappa shape index (κ2) is 13.7. The van der Waals surface area contributed by atoms with E-state index < -0.39 is 0 Å². The average Bonchev–Trinajstić information content (AvgIpc) is 3.45. The number of benzene rings is 2. The third-order valence-electron chi connectivity index (χ3n) is 7.11. The smallest absolute Gasteiger partial charge is 0.237 e. The van der Waals surface area contributed by atoms with Crippen molar-refractivity contribution in [1.82, 2.24) is 40.3 Å². The first kappa shape index (κ1) is 30.1. The number of aryl methyl sites for hydroxylation is 1. The highest BCUT2D eigenvalue weighted by molar-refractivity contribution is 6.36. The summed E-state index contributed by atoms with van der Waals surface area (Å²) in [6.07, 6.45) is 5.48. The SMILES string of the molecule is CNCc1ncc(-c2cccc(-c3cccc(-c4cnc(CNCCn5ccc(C)n5)c(OC)n4)c3C)c2Cl)nc1OC. The molecule has 10 nitrogen and oxygen atoms in total. The Labute approximate surface area is 256 Å². The van der Waals surface area contributed by atoms with Crippen molar-refractivity contribution in [2.24, 2.45) is 0 Å². The minimum Gasteiger partial charge on any atom is -0.480 e. The first-order valence-electron chi connectivity index (χ1n) is 14.0. The van der Waals surface area contributed by atoms with Gasteiger partial charge in [0.2, 0.25) is 11.8 Å². The number of nitrogens with zero attached hydrogens (tertiary/aromatic N) is 6. The molecule has 0 saturated heterocycles. The van der Waals surface area contributed by atoms with Crippen LogP contribution in [-0.2, 0) is 19.6 Å². The molecule has 0 aliphatic rings. The average molecular weight is 599 g/mol. The summed E-state index contributed by atoms with van der Waals surface area (Å²) in [6.45, 7) is 6.62. The summed E-state index contributed by atoms with van der Waals surface area (Å²) < 4.78 is 13.0. The highest BCUT2D eigenvalue weighted by Crippen LogP contribution is 2.39. The summed E-state index contributed by atoms with van der Waals surface area (Å²) in [4.78, 5) is 18.7. The van der Waals surface area contributed by atoms with Gasteiger partial charge in [-0.25, -0.2) is 9.97 Å². The van der Waals surface area contributed by atoms with Gasteiger partial charge in [-0.05, 0) is 38.1 Å². The van der Waals surface area contributed by atoms with Crippen LogP contribution in [0.25, 0.3) is 33.6 Å². The van der Waals surface area contributed by atoms with E-state index in [9.17, 15) is 0 Å². The van der Waals surface area contributed by atoms with Crippen molar-refractivity contribution in [1.29, 1.82) is 0 Å². The van der Waals surface area contributed by atoms with Crippen molar-refractivity contribution in [3.63, 3.8) is 0 Å². The maximum absolute atomic E-state index is 7.03. The zero-order valence-corrected chi connectivity index (χ0v) is 25.7. The van der Waals surface area contributed by atoms with Crippen LogP contribution in [-0.4, -0.2) is 57.5 Å². The van der Waals surface area contributed by atoms with Crippen LogP contribution in [0.5, 0.6) is 11.8 Å². The van der Waals surface area contributed by atoms with E-state index in [4.69, 9.17) is 31.0 Å². The Bertz CT molecular complexity index is 1720. The van der Waals surface area contributed by atoms with Gasteiger partial charge in [0.1, 0.15) is 11.4 Å². The molecule has 0 saturated carbocycles. The van der Waals surface area contributed by atoms with Crippen LogP contribution in [0.2, 0.25) is 5.02 Å².